The number of rotatable bonds is 6. The zero-order chi connectivity index (χ0) is 18.4. The normalized spacial score (nSPS) is 25.0. The first-order valence-electron chi connectivity index (χ1n) is 9.12. The Morgan fingerprint density at radius 2 is 2.15 bits per heavy atom. The highest BCUT2D eigenvalue weighted by atomic mass is 32.2. The Morgan fingerprint density at radius 3 is 2.85 bits per heavy atom. The molecule has 0 aliphatic carbocycles. The van der Waals surface area contributed by atoms with E-state index in [1.165, 1.54) is 0 Å². The minimum atomic E-state index is -0.265. The van der Waals surface area contributed by atoms with Gasteiger partial charge in [0.2, 0.25) is 5.91 Å². The topological polar surface area (TPSA) is 76.7 Å². The Kier molecular flexibility index (Phi) is 6.43. The molecule has 0 unspecified atom stereocenters. The standard InChI is InChI=1S/C19H26N2O4S/c1-2-24-16-5-3-14(4-6-16)18(23)20-12-17(22)21-15-7-9-25-19(11-15)8-10-26-13-19/h3-6,15H,2,7-13H2,1H3,(H,20,23)(H,21,22)/t15-,19-/m0/s1. The number of nitrogens with one attached hydrogen (secondary N) is 2. The van der Waals surface area contributed by atoms with E-state index in [4.69, 9.17) is 9.47 Å². The molecule has 0 aromatic heterocycles. The highest BCUT2D eigenvalue weighted by molar-refractivity contribution is 7.99. The van der Waals surface area contributed by atoms with Crippen LogP contribution in [0.2, 0.25) is 0 Å². The minimum Gasteiger partial charge on any atom is -0.494 e. The Morgan fingerprint density at radius 1 is 1.35 bits per heavy atom. The molecule has 1 aromatic carbocycles. The van der Waals surface area contributed by atoms with Gasteiger partial charge in [-0.2, -0.15) is 11.8 Å². The van der Waals surface area contributed by atoms with E-state index in [1.54, 1.807) is 24.3 Å². The smallest absolute Gasteiger partial charge is 0.251 e. The number of carbonyl (C=O) groups excluding carboxylic acids is 2. The van der Waals surface area contributed by atoms with Crippen LogP contribution in [0.4, 0.5) is 0 Å². The largest absolute Gasteiger partial charge is 0.494 e. The molecule has 0 saturated carbocycles. The summed E-state index contributed by atoms with van der Waals surface area (Å²) in [6, 6.07) is 7.01. The second-order valence-electron chi connectivity index (χ2n) is 6.73. The van der Waals surface area contributed by atoms with Crippen molar-refractivity contribution >= 4 is 23.6 Å². The van der Waals surface area contributed by atoms with Crippen LogP contribution in [0, 0.1) is 0 Å². The molecule has 2 aliphatic rings. The number of carbonyl (C=O) groups is 2. The zero-order valence-corrected chi connectivity index (χ0v) is 15.9. The summed E-state index contributed by atoms with van der Waals surface area (Å²) in [5.41, 5.74) is 0.445. The summed E-state index contributed by atoms with van der Waals surface area (Å²) < 4.78 is 11.3. The Hall–Kier alpha value is -1.73. The molecular formula is C19H26N2O4S. The van der Waals surface area contributed by atoms with E-state index < -0.39 is 0 Å². The predicted molar refractivity (Wildman–Crippen MR) is 102 cm³/mol. The Labute approximate surface area is 158 Å². The monoisotopic (exact) mass is 378 g/mol. The van der Waals surface area contributed by atoms with Crippen LogP contribution in [0.1, 0.15) is 36.5 Å². The number of amides is 2. The van der Waals surface area contributed by atoms with Crippen molar-refractivity contribution in [2.45, 2.75) is 37.8 Å². The minimum absolute atomic E-state index is 0.0227. The number of ether oxygens (including phenoxy) is 2. The van der Waals surface area contributed by atoms with Gasteiger partial charge in [0, 0.05) is 24.0 Å². The fourth-order valence-electron chi connectivity index (χ4n) is 3.42. The summed E-state index contributed by atoms with van der Waals surface area (Å²) in [4.78, 5) is 24.4. The van der Waals surface area contributed by atoms with Gasteiger partial charge in [-0.3, -0.25) is 9.59 Å². The lowest BCUT2D eigenvalue weighted by atomic mass is 9.90. The van der Waals surface area contributed by atoms with Crippen LogP contribution in [0.15, 0.2) is 24.3 Å². The molecule has 2 heterocycles. The molecule has 2 saturated heterocycles. The molecule has 3 rings (SSSR count). The molecule has 2 amide bonds. The summed E-state index contributed by atoms with van der Waals surface area (Å²) in [5, 5.41) is 5.71. The van der Waals surface area contributed by atoms with Crippen molar-refractivity contribution in [2.75, 3.05) is 31.3 Å². The third-order valence-corrected chi connectivity index (χ3v) is 5.99. The summed E-state index contributed by atoms with van der Waals surface area (Å²) in [6.07, 6.45) is 2.74. The maximum atomic E-state index is 12.2. The van der Waals surface area contributed by atoms with Gasteiger partial charge in [-0.1, -0.05) is 0 Å². The van der Waals surface area contributed by atoms with Crippen molar-refractivity contribution in [3.05, 3.63) is 29.8 Å². The van der Waals surface area contributed by atoms with Gasteiger partial charge >= 0.3 is 0 Å². The molecule has 2 atom stereocenters. The molecule has 6 nitrogen and oxygen atoms in total. The number of benzene rings is 1. The van der Waals surface area contributed by atoms with E-state index in [9.17, 15) is 9.59 Å². The van der Waals surface area contributed by atoms with E-state index in [1.807, 2.05) is 18.7 Å². The first-order chi connectivity index (χ1) is 12.6. The predicted octanol–water partition coefficient (Wildman–Crippen LogP) is 1.99. The lowest BCUT2D eigenvalue weighted by Crippen LogP contribution is -2.50. The van der Waals surface area contributed by atoms with Crippen molar-refractivity contribution in [1.82, 2.24) is 10.6 Å². The van der Waals surface area contributed by atoms with Crippen molar-refractivity contribution < 1.29 is 19.1 Å². The van der Waals surface area contributed by atoms with Gasteiger partial charge in [0.15, 0.2) is 0 Å². The Balaban J connectivity index is 1.44. The maximum absolute atomic E-state index is 12.2. The van der Waals surface area contributed by atoms with Gasteiger partial charge in [-0.05, 0) is 56.2 Å². The van der Waals surface area contributed by atoms with Crippen LogP contribution in [0.25, 0.3) is 0 Å². The van der Waals surface area contributed by atoms with Gasteiger partial charge in [0.25, 0.3) is 5.91 Å². The zero-order valence-electron chi connectivity index (χ0n) is 15.1. The molecular weight excluding hydrogens is 352 g/mol. The van der Waals surface area contributed by atoms with Gasteiger partial charge in [0.1, 0.15) is 5.75 Å². The first kappa shape index (κ1) is 19.0. The number of hydrogen-bond acceptors (Lipinski definition) is 5. The van der Waals surface area contributed by atoms with Crippen molar-refractivity contribution in [3.63, 3.8) is 0 Å². The molecule has 0 radical (unpaired) electrons. The average molecular weight is 378 g/mol. The van der Waals surface area contributed by atoms with Crippen LogP contribution in [0.5, 0.6) is 5.75 Å². The van der Waals surface area contributed by atoms with Crippen LogP contribution in [-0.4, -0.2) is 54.7 Å². The van der Waals surface area contributed by atoms with Gasteiger partial charge < -0.3 is 20.1 Å². The number of thioether (sulfide) groups is 1. The molecule has 0 bridgehead atoms. The second kappa shape index (κ2) is 8.77. The lowest BCUT2D eigenvalue weighted by Gasteiger charge is -2.38. The number of hydrogen-bond donors (Lipinski definition) is 2. The van der Waals surface area contributed by atoms with E-state index >= 15 is 0 Å². The summed E-state index contributed by atoms with van der Waals surface area (Å²) in [6.45, 7) is 3.15. The van der Waals surface area contributed by atoms with Crippen LogP contribution < -0.4 is 15.4 Å². The average Bonchev–Trinajstić information content (AvgIpc) is 3.08. The van der Waals surface area contributed by atoms with Crippen LogP contribution in [0.3, 0.4) is 0 Å². The SMILES string of the molecule is CCOc1ccc(C(=O)NCC(=O)N[C@H]2CCO[C@@]3(CCSC3)C2)cc1. The molecule has 2 aliphatic heterocycles. The fraction of sp³-hybridized carbons (Fsp3) is 0.579. The lowest BCUT2D eigenvalue weighted by molar-refractivity contribution is -0.123. The van der Waals surface area contributed by atoms with E-state index in [0.29, 0.717) is 18.8 Å². The summed E-state index contributed by atoms with van der Waals surface area (Å²) in [7, 11) is 0. The molecule has 26 heavy (non-hydrogen) atoms. The van der Waals surface area contributed by atoms with Crippen LogP contribution >= 0.6 is 11.8 Å². The molecule has 142 valence electrons. The molecule has 1 spiro atoms. The summed E-state index contributed by atoms with van der Waals surface area (Å²) in [5.74, 6) is 2.43. The van der Waals surface area contributed by atoms with Crippen molar-refractivity contribution in [1.29, 1.82) is 0 Å². The third kappa shape index (κ3) is 4.92. The van der Waals surface area contributed by atoms with E-state index in [-0.39, 0.29) is 30.0 Å². The van der Waals surface area contributed by atoms with Crippen molar-refractivity contribution in [3.8, 4) is 5.75 Å². The highest BCUT2D eigenvalue weighted by Gasteiger charge is 2.40. The van der Waals surface area contributed by atoms with Crippen molar-refractivity contribution in [2.24, 2.45) is 0 Å². The van der Waals surface area contributed by atoms with E-state index in [0.717, 1.165) is 36.5 Å². The Bertz CT molecular complexity index is 629. The maximum Gasteiger partial charge on any atom is 0.251 e. The van der Waals surface area contributed by atoms with Gasteiger partial charge in [0.05, 0.1) is 18.8 Å². The quantitative estimate of drug-likeness (QED) is 0.792. The van der Waals surface area contributed by atoms with Gasteiger partial charge in [-0.15, -0.1) is 0 Å². The molecule has 7 heteroatoms. The third-order valence-electron chi connectivity index (χ3n) is 4.76. The molecule has 2 N–H and O–H groups in total. The molecule has 2 fully saturated rings. The molecule has 1 aromatic rings. The first-order valence-corrected chi connectivity index (χ1v) is 10.3. The fourth-order valence-corrected chi connectivity index (χ4v) is 4.80. The van der Waals surface area contributed by atoms with Gasteiger partial charge in [-0.25, -0.2) is 0 Å². The van der Waals surface area contributed by atoms with Crippen LogP contribution in [-0.2, 0) is 9.53 Å². The highest BCUT2D eigenvalue weighted by Crippen LogP contribution is 2.38. The van der Waals surface area contributed by atoms with E-state index in [2.05, 4.69) is 10.6 Å². The second-order valence-corrected chi connectivity index (χ2v) is 7.84. The summed E-state index contributed by atoms with van der Waals surface area (Å²) >= 11 is 1.91.